The van der Waals surface area contributed by atoms with Gasteiger partial charge in [-0.25, -0.2) is 8.42 Å². The normalized spacial score (nSPS) is 23.7. The molecule has 0 aliphatic carbocycles. The molecule has 3 rings (SSSR count). The summed E-state index contributed by atoms with van der Waals surface area (Å²) in [4.78, 5) is 0. The van der Waals surface area contributed by atoms with Crippen molar-refractivity contribution in [3.8, 4) is 0 Å². The van der Waals surface area contributed by atoms with Crippen molar-refractivity contribution in [1.82, 2.24) is 5.32 Å². The maximum Gasteiger partial charge on any atom is 0.153 e. The molecule has 2 atom stereocenters. The fraction of sp³-hybridized carbons (Fsp3) is 0.294. The molecule has 1 saturated heterocycles. The van der Waals surface area contributed by atoms with Crippen LogP contribution in [0.4, 0.5) is 0 Å². The van der Waals surface area contributed by atoms with Crippen molar-refractivity contribution in [2.45, 2.75) is 17.5 Å². The summed E-state index contributed by atoms with van der Waals surface area (Å²) in [5, 5.41) is 3.05. The second-order valence-electron chi connectivity index (χ2n) is 5.62. The topological polar surface area (TPSA) is 46.2 Å². The molecule has 5 heteroatoms. The standard InChI is InChI=1S/C17H18ClNO2S/c18-15-11-22(20,21)12-16(15)19-17(13-7-3-1-4-8-13)14-9-5-2-6-10-14/h1-10,15-17,19H,11-12H2/t15-,16-/m0/s1. The first-order valence-corrected chi connectivity index (χ1v) is 9.51. The molecule has 0 saturated carbocycles. The van der Waals surface area contributed by atoms with E-state index in [0.717, 1.165) is 11.1 Å². The van der Waals surface area contributed by atoms with Gasteiger partial charge in [0.15, 0.2) is 9.84 Å². The second-order valence-corrected chi connectivity index (χ2v) is 8.33. The minimum absolute atomic E-state index is 0.0442. The van der Waals surface area contributed by atoms with Gasteiger partial charge < -0.3 is 5.32 Å². The number of hydrogen-bond acceptors (Lipinski definition) is 3. The predicted molar refractivity (Wildman–Crippen MR) is 89.9 cm³/mol. The molecule has 0 spiro atoms. The average molecular weight is 336 g/mol. The summed E-state index contributed by atoms with van der Waals surface area (Å²) >= 11 is 6.24. The second kappa shape index (κ2) is 6.41. The van der Waals surface area contributed by atoms with Crippen molar-refractivity contribution in [2.24, 2.45) is 0 Å². The van der Waals surface area contributed by atoms with Crippen molar-refractivity contribution in [3.63, 3.8) is 0 Å². The zero-order valence-electron chi connectivity index (χ0n) is 12.0. The Morgan fingerprint density at radius 1 is 0.909 bits per heavy atom. The van der Waals surface area contributed by atoms with E-state index < -0.39 is 9.84 Å². The highest BCUT2D eigenvalue weighted by Gasteiger charge is 2.37. The molecule has 0 amide bonds. The summed E-state index contributed by atoms with van der Waals surface area (Å²) in [6.07, 6.45) is 0. The highest BCUT2D eigenvalue weighted by Crippen LogP contribution is 2.26. The van der Waals surface area contributed by atoms with E-state index in [1.165, 1.54) is 0 Å². The third kappa shape index (κ3) is 3.51. The van der Waals surface area contributed by atoms with Gasteiger partial charge in [0, 0.05) is 6.04 Å². The van der Waals surface area contributed by atoms with E-state index in [2.05, 4.69) is 5.32 Å². The number of halogens is 1. The summed E-state index contributed by atoms with van der Waals surface area (Å²) in [6, 6.07) is 19.7. The van der Waals surface area contributed by atoms with Crippen LogP contribution in [-0.2, 0) is 9.84 Å². The van der Waals surface area contributed by atoms with Gasteiger partial charge in [0.2, 0.25) is 0 Å². The lowest BCUT2D eigenvalue weighted by Gasteiger charge is -2.25. The summed E-state index contributed by atoms with van der Waals surface area (Å²) in [5.41, 5.74) is 2.20. The quantitative estimate of drug-likeness (QED) is 0.874. The minimum atomic E-state index is -3.05. The van der Waals surface area contributed by atoms with Gasteiger partial charge in [-0.15, -0.1) is 11.6 Å². The molecule has 0 radical (unpaired) electrons. The number of sulfone groups is 1. The van der Waals surface area contributed by atoms with E-state index in [4.69, 9.17) is 11.6 Å². The zero-order valence-corrected chi connectivity index (χ0v) is 13.6. The smallest absolute Gasteiger partial charge is 0.153 e. The van der Waals surface area contributed by atoms with Crippen molar-refractivity contribution >= 4 is 21.4 Å². The number of nitrogens with one attached hydrogen (secondary N) is 1. The highest BCUT2D eigenvalue weighted by molar-refractivity contribution is 7.91. The SMILES string of the molecule is O=S1(=O)C[C@H](NC(c2ccccc2)c2ccccc2)[C@@H](Cl)C1. The van der Waals surface area contributed by atoms with Gasteiger partial charge in [0.05, 0.1) is 22.9 Å². The molecule has 1 fully saturated rings. The summed E-state index contributed by atoms with van der Waals surface area (Å²) in [7, 11) is -3.05. The summed E-state index contributed by atoms with van der Waals surface area (Å²) in [6.45, 7) is 0. The van der Waals surface area contributed by atoms with E-state index >= 15 is 0 Å². The van der Waals surface area contributed by atoms with Crippen LogP contribution in [0.25, 0.3) is 0 Å². The molecular formula is C17H18ClNO2S. The Kier molecular flexibility index (Phi) is 4.52. The van der Waals surface area contributed by atoms with Crippen molar-refractivity contribution in [1.29, 1.82) is 0 Å². The number of hydrogen-bond donors (Lipinski definition) is 1. The maximum absolute atomic E-state index is 11.8. The fourth-order valence-electron chi connectivity index (χ4n) is 2.85. The molecule has 22 heavy (non-hydrogen) atoms. The summed E-state index contributed by atoms with van der Waals surface area (Å²) < 4.78 is 23.6. The van der Waals surface area contributed by atoms with Gasteiger partial charge in [-0.1, -0.05) is 60.7 Å². The van der Waals surface area contributed by atoms with Crippen LogP contribution >= 0.6 is 11.6 Å². The van der Waals surface area contributed by atoms with Gasteiger partial charge >= 0.3 is 0 Å². The Balaban J connectivity index is 1.90. The van der Waals surface area contributed by atoms with Gasteiger partial charge in [0.1, 0.15) is 0 Å². The van der Waals surface area contributed by atoms with Gasteiger partial charge in [-0.2, -0.15) is 0 Å². The predicted octanol–water partition coefficient (Wildman–Crippen LogP) is 2.77. The van der Waals surface area contributed by atoms with E-state index in [-0.39, 0.29) is 29.0 Å². The molecule has 0 aromatic heterocycles. The van der Waals surface area contributed by atoms with Crippen LogP contribution in [-0.4, -0.2) is 31.3 Å². The summed E-state index contributed by atoms with van der Waals surface area (Å²) in [5.74, 6) is 0.139. The van der Waals surface area contributed by atoms with Crippen LogP contribution in [0.3, 0.4) is 0 Å². The molecule has 1 aliphatic heterocycles. The number of rotatable bonds is 4. The van der Waals surface area contributed by atoms with E-state index in [0.29, 0.717) is 0 Å². The Morgan fingerprint density at radius 3 is 1.82 bits per heavy atom. The van der Waals surface area contributed by atoms with Crippen molar-refractivity contribution in [2.75, 3.05) is 11.5 Å². The first-order valence-electron chi connectivity index (χ1n) is 7.25. The monoisotopic (exact) mass is 335 g/mol. The van der Waals surface area contributed by atoms with Gasteiger partial charge in [0.25, 0.3) is 0 Å². The molecule has 1 N–H and O–H groups in total. The zero-order chi connectivity index (χ0) is 15.6. The first-order chi connectivity index (χ1) is 10.6. The number of alkyl halides is 1. The largest absolute Gasteiger partial charge is 0.301 e. The molecule has 116 valence electrons. The first kappa shape index (κ1) is 15.5. The third-order valence-corrected chi connectivity index (χ3v) is 6.31. The molecule has 0 bridgehead atoms. The van der Waals surface area contributed by atoms with E-state index in [9.17, 15) is 8.42 Å². The molecule has 0 unspecified atom stereocenters. The van der Waals surface area contributed by atoms with Crippen molar-refractivity contribution in [3.05, 3.63) is 71.8 Å². The highest BCUT2D eigenvalue weighted by atomic mass is 35.5. The lowest BCUT2D eigenvalue weighted by molar-refractivity contribution is 0.508. The lowest BCUT2D eigenvalue weighted by atomic mass is 9.97. The van der Waals surface area contributed by atoms with Gasteiger partial charge in [-0.3, -0.25) is 0 Å². The Bertz CT molecular complexity index is 679. The van der Waals surface area contributed by atoms with Crippen LogP contribution in [0, 0.1) is 0 Å². The Morgan fingerprint density at radius 2 is 1.41 bits per heavy atom. The molecule has 1 aliphatic rings. The van der Waals surface area contributed by atoms with Crippen LogP contribution in [0.5, 0.6) is 0 Å². The van der Waals surface area contributed by atoms with Gasteiger partial charge in [-0.05, 0) is 11.1 Å². The molecule has 2 aromatic rings. The number of benzene rings is 2. The van der Waals surface area contributed by atoms with E-state index in [1.54, 1.807) is 0 Å². The van der Waals surface area contributed by atoms with Crippen LogP contribution in [0.15, 0.2) is 60.7 Å². The minimum Gasteiger partial charge on any atom is -0.301 e. The third-order valence-electron chi connectivity index (χ3n) is 3.93. The molecule has 1 heterocycles. The fourth-order valence-corrected chi connectivity index (χ4v) is 5.42. The molecular weight excluding hydrogens is 318 g/mol. The molecule has 3 nitrogen and oxygen atoms in total. The van der Waals surface area contributed by atoms with Crippen LogP contribution < -0.4 is 5.32 Å². The molecule has 2 aromatic carbocycles. The lowest BCUT2D eigenvalue weighted by Crippen LogP contribution is -2.39. The van der Waals surface area contributed by atoms with E-state index in [1.807, 2.05) is 60.7 Å². The van der Waals surface area contributed by atoms with Crippen molar-refractivity contribution < 1.29 is 8.42 Å². The maximum atomic E-state index is 11.8. The van der Waals surface area contributed by atoms with Crippen LogP contribution in [0.1, 0.15) is 17.2 Å². The average Bonchev–Trinajstić information content (AvgIpc) is 2.78. The van der Waals surface area contributed by atoms with Crippen LogP contribution in [0.2, 0.25) is 0 Å². The Hall–Kier alpha value is -1.36. The Labute approximate surface area is 136 Å².